The van der Waals surface area contributed by atoms with Crippen molar-refractivity contribution in [3.63, 3.8) is 0 Å². The molecule has 1 aromatic heterocycles. The van der Waals surface area contributed by atoms with E-state index in [1.807, 2.05) is 0 Å². The van der Waals surface area contributed by atoms with E-state index in [1.54, 1.807) is 11.0 Å². The van der Waals surface area contributed by atoms with Crippen molar-refractivity contribution in [1.29, 1.82) is 0 Å². The molecule has 0 aliphatic heterocycles. The molecule has 0 fully saturated rings. The van der Waals surface area contributed by atoms with Crippen LogP contribution in [-0.4, -0.2) is 38.9 Å². The standard InChI is InChI=1S/C11H20N4O2/c1-2-10(4-6-16)7-13-11(17)3-5-15-9-12-8-14-15/h8-10,16H,2-7H2,1H3,(H,13,17). The van der Waals surface area contributed by atoms with Crippen molar-refractivity contribution < 1.29 is 9.90 Å². The van der Waals surface area contributed by atoms with Gasteiger partial charge in [-0.1, -0.05) is 13.3 Å². The number of nitrogens with one attached hydrogen (secondary N) is 1. The molecule has 1 amide bonds. The predicted octanol–water partition coefficient (Wildman–Crippen LogP) is 0.193. The van der Waals surface area contributed by atoms with Gasteiger partial charge in [0.1, 0.15) is 12.7 Å². The SMILES string of the molecule is CCC(CCO)CNC(=O)CCn1cncn1. The zero-order valence-corrected chi connectivity index (χ0v) is 10.2. The zero-order chi connectivity index (χ0) is 12.5. The van der Waals surface area contributed by atoms with Gasteiger partial charge in [-0.3, -0.25) is 9.48 Å². The summed E-state index contributed by atoms with van der Waals surface area (Å²) in [5.74, 6) is 0.368. The van der Waals surface area contributed by atoms with Crippen LogP contribution in [0.5, 0.6) is 0 Å². The number of amides is 1. The molecule has 0 radical (unpaired) electrons. The fourth-order valence-corrected chi connectivity index (χ4v) is 1.54. The van der Waals surface area contributed by atoms with Gasteiger partial charge < -0.3 is 10.4 Å². The summed E-state index contributed by atoms with van der Waals surface area (Å²) in [5.41, 5.74) is 0. The minimum Gasteiger partial charge on any atom is -0.396 e. The highest BCUT2D eigenvalue weighted by Gasteiger charge is 2.08. The van der Waals surface area contributed by atoms with Crippen LogP contribution in [0.4, 0.5) is 0 Å². The number of hydrogen-bond donors (Lipinski definition) is 2. The number of carbonyl (C=O) groups excluding carboxylic acids is 1. The van der Waals surface area contributed by atoms with Crippen LogP contribution in [0.15, 0.2) is 12.7 Å². The topological polar surface area (TPSA) is 80.0 Å². The first-order chi connectivity index (χ1) is 8.26. The van der Waals surface area contributed by atoms with Gasteiger partial charge >= 0.3 is 0 Å². The molecule has 0 saturated heterocycles. The zero-order valence-electron chi connectivity index (χ0n) is 10.2. The first kappa shape index (κ1) is 13.6. The average Bonchev–Trinajstić information content (AvgIpc) is 2.85. The Morgan fingerprint density at radius 2 is 2.41 bits per heavy atom. The predicted molar refractivity (Wildman–Crippen MR) is 63.1 cm³/mol. The Labute approximate surface area is 101 Å². The Morgan fingerprint density at radius 1 is 1.59 bits per heavy atom. The van der Waals surface area contributed by atoms with Crippen molar-refractivity contribution in [1.82, 2.24) is 20.1 Å². The second-order valence-corrected chi connectivity index (χ2v) is 4.00. The highest BCUT2D eigenvalue weighted by molar-refractivity contribution is 5.75. The molecule has 1 heterocycles. The summed E-state index contributed by atoms with van der Waals surface area (Å²) in [4.78, 5) is 15.3. The molecule has 0 spiro atoms. The third-order valence-corrected chi connectivity index (χ3v) is 2.74. The number of hydrogen-bond acceptors (Lipinski definition) is 4. The van der Waals surface area contributed by atoms with Gasteiger partial charge in [-0.25, -0.2) is 4.98 Å². The summed E-state index contributed by atoms with van der Waals surface area (Å²) >= 11 is 0. The lowest BCUT2D eigenvalue weighted by molar-refractivity contribution is -0.121. The molecule has 1 atom stereocenters. The van der Waals surface area contributed by atoms with Crippen LogP contribution in [0, 0.1) is 5.92 Å². The Morgan fingerprint density at radius 3 is 3.00 bits per heavy atom. The maximum absolute atomic E-state index is 11.5. The van der Waals surface area contributed by atoms with E-state index < -0.39 is 0 Å². The largest absolute Gasteiger partial charge is 0.396 e. The van der Waals surface area contributed by atoms with Crippen molar-refractivity contribution in [2.24, 2.45) is 5.92 Å². The van der Waals surface area contributed by atoms with E-state index >= 15 is 0 Å². The van der Waals surface area contributed by atoms with E-state index in [0.717, 1.165) is 12.8 Å². The monoisotopic (exact) mass is 240 g/mol. The van der Waals surface area contributed by atoms with Gasteiger partial charge in [-0.2, -0.15) is 5.10 Å². The number of aryl methyl sites for hydroxylation is 1. The van der Waals surface area contributed by atoms with Crippen LogP contribution in [0.25, 0.3) is 0 Å². The van der Waals surface area contributed by atoms with E-state index in [9.17, 15) is 4.79 Å². The molecule has 0 saturated carbocycles. The van der Waals surface area contributed by atoms with E-state index in [2.05, 4.69) is 22.3 Å². The number of carbonyl (C=O) groups is 1. The molecule has 6 nitrogen and oxygen atoms in total. The number of aromatic nitrogens is 3. The van der Waals surface area contributed by atoms with Gasteiger partial charge in [0.2, 0.25) is 5.91 Å². The first-order valence-electron chi connectivity index (χ1n) is 5.96. The molecule has 6 heteroatoms. The second-order valence-electron chi connectivity index (χ2n) is 4.00. The fourth-order valence-electron chi connectivity index (χ4n) is 1.54. The number of rotatable bonds is 8. The molecular weight excluding hydrogens is 220 g/mol. The molecule has 0 aliphatic rings. The molecule has 0 aromatic carbocycles. The minimum atomic E-state index is 0.0110. The fraction of sp³-hybridized carbons (Fsp3) is 0.727. The highest BCUT2D eigenvalue weighted by atomic mass is 16.3. The Hall–Kier alpha value is -1.43. The molecule has 1 unspecified atom stereocenters. The van der Waals surface area contributed by atoms with Crippen LogP contribution in [0.2, 0.25) is 0 Å². The molecule has 1 rings (SSSR count). The van der Waals surface area contributed by atoms with E-state index in [-0.39, 0.29) is 12.5 Å². The number of aliphatic hydroxyl groups is 1. The molecule has 0 bridgehead atoms. The van der Waals surface area contributed by atoms with Crippen LogP contribution in [0.3, 0.4) is 0 Å². The highest BCUT2D eigenvalue weighted by Crippen LogP contribution is 2.05. The van der Waals surface area contributed by atoms with Gasteiger partial charge in [-0.05, 0) is 12.3 Å². The summed E-state index contributed by atoms with van der Waals surface area (Å²) in [6.45, 7) is 3.41. The van der Waals surface area contributed by atoms with E-state index in [0.29, 0.717) is 25.4 Å². The maximum Gasteiger partial charge on any atom is 0.221 e. The van der Waals surface area contributed by atoms with Crippen molar-refractivity contribution >= 4 is 5.91 Å². The smallest absolute Gasteiger partial charge is 0.221 e. The third kappa shape index (κ3) is 5.44. The Bertz CT molecular complexity index is 313. The number of aliphatic hydroxyl groups excluding tert-OH is 1. The van der Waals surface area contributed by atoms with Gasteiger partial charge in [0.25, 0.3) is 0 Å². The minimum absolute atomic E-state index is 0.0110. The van der Waals surface area contributed by atoms with E-state index in [4.69, 9.17) is 5.11 Å². The lowest BCUT2D eigenvalue weighted by Gasteiger charge is -2.14. The Balaban J connectivity index is 2.16. The van der Waals surface area contributed by atoms with Crippen LogP contribution in [-0.2, 0) is 11.3 Å². The summed E-state index contributed by atoms with van der Waals surface area (Å²) < 4.78 is 1.63. The summed E-state index contributed by atoms with van der Waals surface area (Å²) in [7, 11) is 0. The average molecular weight is 240 g/mol. The van der Waals surface area contributed by atoms with Crippen molar-refractivity contribution in [2.45, 2.75) is 32.7 Å². The van der Waals surface area contributed by atoms with Gasteiger partial charge in [0.15, 0.2) is 0 Å². The van der Waals surface area contributed by atoms with E-state index in [1.165, 1.54) is 6.33 Å². The summed E-state index contributed by atoms with van der Waals surface area (Å²) in [5, 5.41) is 15.6. The molecule has 96 valence electrons. The lowest BCUT2D eigenvalue weighted by Crippen LogP contribution is -2.30. The maximum atomic E-state index is 11.5. The molecule has 1 aromatic rings. The van der Waals surface area contributed by atoms with Gasteiger partial charge in [0.05, 0.1) is 6.54 Å². The molecule has 17 heavy (non-hydrogen) atoms. The number of nitrogens with zero attached hydrogens (tertiary/aromatic N) is 3. The van der Waals surface area contributed by atoms with Gasteiger partial charge in [0, 0.05) is 19.6 Å². The van der Waals surface area contributed by atoms with Crippen molar-refractivity contribution in [3.8, 4) is 0 Å². The molecule has 0 aliphatic carbocycles. The molecule has 2 N–H and O–H groups in total. The lowest BCUT2D eigenvalue weighted by atomic mass is 10.0. The van der Waals surface area contributed by atoms with Crippen LogP contribution < -0.4 is 5.32 Å². The van der Waals surface area contributed by atoms with Crippen molar-refractivity contribution in [2.75, 3.05) is 13.2 Å². The van der Waals surface area contributed by atoms with Crippen LogP contribution in [0.1, 0.15) is 26.2 Å². The first-order valence-corrected chi connectivity index (χ1v) is 5.96. The third-order valence-electron chi connectivity index (χ3n) is 2.74. The normalized spacial score (nSPS) is 12.4. The summed E-state index contributed by atoms with van der Waals surface area (Å²) in [6.07, 6.45) is 5.14. The second kappa shape index (κ2) is 7.78. The van der Waals surface area contributed by atoms with Gasteiger partial charge in [-0.15, -0.1) is 0 Å². The van der Waals surface area contributed by atoms with Crippen LogP contribution >= 0.6 is 0 Å². The summed E-state index contributed by atoms with van der Waals surface area (Å²) in [6, 6.07) is 0. The Kier molecular flexibility index (Phi) is 6.24. The quantitative estimate of drug-likeness (QED) is 0.680. The molecular formula is C11H20N4O2. The van der Waals surface area contributed by atoms with Crippen molar-refractivity contribution in [3.05, 3.63) is 12.7 Å².